The fourth-order valence-electron chi connectivity index (χ4n) is 2.15. The van der Waals surface area contributed by atoms with Crippen LogP contribution in [0.2, 0.25) is 0 Å². The quantitative estimate of drug-likeness (QED) is 0.856. The van der Waals surface area contributed by atoms with Crippen LogP contribution in [-0.4, -0.2) is 34.6 Å². The molecule has 1 aliphatic rings. The molecule has 1 N–H and O–H groups in total. The summed E-state index contributed by atoms with van der Waals surface area (Å²) >= 11 is 1.77. The first-order valence-corrected chi connectivity index (χ1v) is 6.74. The lowest BCUT2D eigenvalue weighted by atomic mass is 9.99. The van der Waals surface area contributed by atoms with Gasteiger partial charge in [0.1, 0.15) is 0 Å². The fraction of sp³-hybridized carbons (Fsp3) is 0.750. The molecule has 1 saturated heterocycles. The molecule has 0 amide bonds. The summed E-state index contributed by atoms with van der Waals surface area (Å²) in [5, 5.41) is 3.58. The van der Waals surface area contributed by atoms with E-state index < -0.39 is 0 Å². The summed E-state index contributed by atoms with van der Waals surface area (Å²) in [4.78, 5) is 8.28. The largest absolute Gasteiger partial charge is 0.309 e. The van der Waals surface area contributed by atoms with Crippen molar-refractivity contribution in [1.82, 2.24) is 15.2 Å². The van der Waals surface area contributed by atoms with Gasteiger partial charge in [-0.2, -0.15) is 0 Å². The summed E-state index contributed by atoms with van der Waals surface area (Å²) in [5.74, 6) is 0. The SMILES string of the molecule is Cc1ncsc1CN1CC(C)(C)NCC1C. The first kappa shape index (κ1) is 12.0. The minimum atomic E-state index is 0.227. The van der Waals surface area contributed by atoms with Crippen LogP contribution in [0.4, 0.5) is 0 Å². The molecule has 0 bridgehead atoms. The van der Waals surface area contributed by atoms with E-state index in [1.807, 2.05) is 5.51 Å². The normalized spacial score (nSPS) is 25.9. The first-order valence-electron chi connectivity index (χ1n) is 5.86. The molecule has 1 aromatic heterocycles. The van der Waals surface area contributed by atoms with Crippen molar-refractivity contribution in [2.24, 2.45) is 0 Å². The van der Waals surface area contributed by atoms with Crippen LogP contribution in [0.3, 0.4) is 0 Å². The molecule has 0 saturated carbocycles. The van der Waals surface area contributed by atoms with E-state index in [4.69, 9.17) is 0 Å². The lowest BCUT2D eigenvalue weighted by Crippen LogP contribution is -2.60. The Kier molecular flexibility index (Phi) is 3.33. The molecular weight excluding hydrogens is 218 g/mol. The summed E-state index contributed by atoms with van der Waals surface area (Å²) in [6.45, 7) is 12.2. The van der Waals surface area contributed by atoms with Crippen molar-refractivity contribution >= 4 is 11.3 Å². The molecule has 1 atom stereocenters. The van der Waals surface area contributed by atoms with Gasteiger partial charge >= 0.3 is 0 Å². The Morgan fingerprint density at radius 2 is 2.38 bits per heavy atom. The number of hydrogen-bond acceptors (Lipinski definition) is 4. The highest BCUT2D eigenvalue weighted by Crippen LogP contribution is 2.21. The highest BCUT2D eigenvalue weighted by atomic mass is 32.1. The van der Waals surface area contributed by atoms with Crippen molar-refractivity contribution in [2.45, 2.75) is 45.8 Å². The number of aromatic nitrogens is 1. The van der Waals surface area contributed by atoms with Gasteiger partial charge in [0.2, 0.25) is 0 Å². The van der Waals surface area contributed by atoms with E-state index in [1.54, 1.807) is 11.3 Å². The van der Waals surface area contributed by atoms with Crippen molar-refractivity contribution in [3.05, 3.63) is 16.1 Å². The Morgan fingerprint density at radius 1 is 1.62 bits per heavy atom. The van der Waals surface area contributed by atoms with Crippen molar-refractivity contribution in [3.63, 3.8) is 0 Å². The van der Waals surface area contributed by atoms with E-state index in [-0.39, 0.29) is 5.54 Å². The highest BCUT2D eigenvalue weighted by molar-refractivity contribution is 7.09. The van der Waals surface area contributed by atoms with E-state index in [9.17, 15) is 0 Å². The maximum atomic E-state index is 4.32. The Labute approximate surface area is 102 Å². The number of piperazine rings is 1. The summed E-state index contributed by atoms with van der Waals surface area (Å²) in [7, 11) is 0. The fourth-order valence-corrected chi connectivity index (χ4v) is 2.95. The topological polar surface area (TPSA) is 28.2 Å². The van der Waals surface area contributed by atoms with Gasteiger partial charge in [0, 0.05) is 36.1 Å². The second kappa shape index (κ2) is 4.43. The lowest BCUT2D eigenvalue weighted by molar-refractivity contribution is 0.0985. The van der Waals surface area contributed by atoms with Gasteiger partial charge in [-0.05, 0) is 27.7 Å². The Balaban J connectivity index is 2.06. The standard InChI is InChI=1S/C12H21N3S/c1-9-5-14-12(3,4)7-15(9)6-11-10(2)13-8-16-11/h8-9,14H,5-7H2,1-4H3. The van der Waals surface area contributed by atoms with Gasteiger partial charge in [-0.1, -0.05) is 0 Å². The molecule has 1 unspecified atom stereocenters. The van der Waals surface area contributed by atoms with E-state index in [2.05, 4.69) is 42.9 Å². The molecule has 2 heterocycles. The Hall–Kier alpha value is -0.450. The van der Waals surface area contributed by atoms with E-state index in [1.165, 1.54) is 10.6 Å². The first-order chi connectivity index (χ1) is 7.48. The summed E-state index contributed by atoms with van der Waals surface area (Å²) in [6.07, 6.45) is 0. The third kappa shape index (κ3) is 2.62. The number of hydrogen-bond donors (Lipinski definition) is 1. The molecule has 16 heavy (non-hydrogen) atoms. The second-order valence-corrected chi connectivity index (χ2v) is 6.32. The van der Waals surface area contributed by atoms with E-state index >= 15 is 0 Å². The molecule has 1 aromatic rings. The number of aryl methyl sites for hydroxylation is 1. The molecule has 0 aliphatic carbocycles. The van der Waals surface area contributed by atoms with Crippen LogP contribution in [0.15, 0.2) is 5.51 Å². The Bertz CT molecular complexity index is 359. The van der Waals surface area contributed by atoms with Gasteiger partial charge in [-0.15, -0.1) is 11.3 Å². The molecule has 90 valence electrons. The average Bonchev–Trinajstić information content (AvgIpc) is 2.58. The van der Waals surface area contributed by atoms with Crippen LogP contribution in [0, 0.1) is 6.92 Å². The van der Waals surface area contributed by atoms with Gasteiger partial charge in [0.25, 0.3) is 0 Å². The monoisotopic (exact) mass is 239 g/mol. The third-order valence-electron chi connectivity index (χ3n) is 3.29. The summed E-state index contributed by atoms with van der Waals surface area (Å²) in [6, 6.07) is 0.606. The van der Waals surface area contributed by atoms with Gasteiger partial charge in [-0.25, -0.2) is 4.98 Å². The van der Waals surface area contributed by atoms with Crippen molar-refractivity contribution in [3.8, 4) is 0 Å². The maximum absolute atomic E-state index is 4.32. The van der Waals surface area contributed by atoms with E-state index in [0.717, 1.165) is 19.6 Å². The Morgan fingerprint density at radius 3 is 3.00 bits per heavy atom. The molecule has 4 heteroatoms. The van der Waals surface area contributed by atoms with Gasteiger partial charge in [0.05, 0.1) is 11.2 Å². The predicted molar refractivity (Wildman–Crippen MR) is 68.8 cm³/mol. The average molecular weight is 239 g/mol. The van der Waals surface area contributed by atoms with Crippen LogP contribution < -0.4 is 5.32 Å². The van der Waals surface area contributed by atoms with Gasteiger partial charge in [-0.3, -0.25) is 4.90 Å². The molecule has 1 aliphatic heterocycles. The van der Waals surface area contributed by atoms with Gasteiger partial charge in [0.15, 0.2) is 0 Å². The molecule has 0 aromatic carbocycles. The smallest absolute Gasteiger partial charge is 0.0798 e. The van der Waals surface area contributed by atoms with Crippen LogP contribution in [0.5, 0.6) is 0 Å². The van der Waals surface area contributed by atoms with Crippen molar-refractivity contribution < 1.29 is 0 Å². The zero-order chi connectivity index (χ0) is 11.8. The number of nitrogens with one attached hydrogen (secondary N) is 1. The van der Waals surface area contributed by atoms with Crippen LogP contribution in [0.25, 0.3) is 0 Å². The minimum Gasteiger partial charge on any atom is -0.309 e. The molecular formula is C12H21N3S. The maximum Gasteiger partial charge on any atom is 0.0798 e. The van der Waals surface area contributed by atoms with Crippen LogP contribution in [-0.2, 0) is 6.54 Å². The number of nitrogens with zero attached hydrogens (tertiary/aromatic N) is 2. The highest BCUT2D eigenvalue weighted by Gasteiger charge is 2.30. The molecule has 2 rings (SSSR count). The van der Waals surface area contributed by atoms with E-state index in [0.29, 0.717) is 6.04 Å². The predicted octanol–water partition coefficient (Wildman–Crippen LogP) is 2.02. The number of rotatable bonds is 2. The van der Waals surface area contributed by atoms with Crippen LogP contribution >= 0.6 is 11.3 Å². The third-order valence-corrected chi connectivity index (χ3v) is 4.21. The second-order valence-electron chi connectivity index (χ2n) is 5.38. The van der Waals surface area contributed by atoms with Crippen molar-refractivity contribution in [2.75, 3.05) is 13.1 Å². The zero-order valence-electron chi connectivity index (χ0n) is 10.6. The zero-order valence-corrected chi connectivity index (χ0v) is 11.4. The molecule has 0 radical (unpaired) electrons. The van der Waals surface area contributed by atoms with Gasteiger partial charge < -0.3 is 5.32 Å². The summed E-state index contributed by atoms with van der Waals surface area (Å²) in [5.41, 5.74) is 3.36. The molecule has 3 nitrogen and oxygen atoms in total. The minimum absolute atomic E-state index is 0.227. The van der Waals surface area contributed by atoms with Crippen LogP contribution in [0.1, 0.15) is 31.3 Å². The number of thiazole rings is 1. The summed E-state index contributed by atoms with van der Waals surface area (Å²) < 4.78 is 0. The van der Waals surface area contributed by atoms with Crippen molar-refractivity contribution in [1.29, 1.82) is 0 Å². The lowest BCUT2D eigenvalue weighted by Gasteiger charge is -2.43. The molecule has 0 spiro atoms. The molecule has 1 fully saturated rings.